The van der Waals surface area contributed by atoms with Crippen molar-refractivity contribution in [1.82, 2.24) is 20.5 Å². The molecular formula is C22H28N6O4. The van der Waals surface area contributed by atoms with Crippen LogP contribution in [0.5, 0.6) is 0 Å². The predicted molar refractivity (Wildman–Crippen MR) is 116 cm³/mol. The van der Waals surface area contributed by atoms with Crippen LogP contribution in [0.1, 0.15) is 44.4 Å². The van der Waals surface area contributed by atoms with Gasteiger partial charge in [0.1, 0.15) is 12.2 Å². The number of ether oxygens (including phenoxy) is 2. The van der Waals surface area contributed by atoms with Crippen LogP contribution in [0.2, 0.25) is 0 Å². The molecule has 2 saturated heterocycles. The quantitative estimate of drug-likeness (QED) is 0.630. The van der Waals surface area contributed by atoms with Crippen LogP contribution in [0.4, 0.5) is 16.3 Å². The standard InChI is InChI=1S/C22H28N6O4/c1-22(5-6-22)25-21(30)32-16-9-18(31-13-16)17-10-19(27-26-17)24-20(29)14-4-8-28(12-14)15-3-2-7-23-11-15/h2-3,7,10-11,14,16,18H,4-6,8-9,12-13H2,1H3,(H,25,30)(H2,24,26,27,29)/t14-,16+,18+/m0/s1. The number of hydrogen-bond donors (Lipinski definition) is 3. The number of amides is 2. The highest BCUT2D eigenvalue weighted by molar-refractivity contribution is 5.92. The van der Waals surface area contributed by atoms with E-state index in [1.807, 2.05) is 25.3 Å². The van der Waals surface area contributed by atoms with Gasteiger partial charge in [0, 0.05) is 37.3 Å². The van der Waals surface area contributed by atoms with Crippen molar-refractivity contribution in [3.05, 3.63) is 36.3 Å². The third-order valence-electron chi connectivity index (χ3n) is 6.40. The van der Waals surface area contributed by atoms with Crippen LogP contribution >= 0.6 is 0 Å². The van der Waals surface area contributed by atoms with Gasteiger partial charge in [0.15, 0.2) is 5.82 Å². The monoisotopic (exact) mass is 440 g/mol. The van der Waals surface area contributed by atoms with E-state index < -0.39 is 6.09 Å². The molecule has 0 spiro atoms. The molecule has 2 amide bonds. The summed E-state index contributed by atoms with van der Waals surface area (Å²) in [6, 6.07) is 5.68. The van der Waals surface area contributed by atoms with Crippen molar-refractivity contribution in [2.24, 2.45) is 5.92 Å². The molecule has 0 bridgehead atoms. The molecule has 2 aliphatic heterocycles. The molecular weight excluding hydrogens is 412 g/mol. The fourth-order valence-corrected chi connectivity index (χ4v) is 4.18. The Balaban J connectivity index is 1.10. The first-order chi connectivity index (χ1) is 15.5. The number of nitrogens with zero attached hydrogens (tertiary/aromatic N) is 3. The molecule has 4 heterocycles. The maximum absolute atomic E-state index is 12.7. The number of nitrogens with one attached hydrogen (secondary N) is 3. The van der Waals surface area contributed by atoms with E-state index in [2.05, 4.69) is 30.7 Å². The number of carbonyl (C=O) groups excluding carboxylic acids is 2. The molecule has 5 rings (SSSR count). The highest BCUT2D eigenvalue weighted by atomic mass is 16.6. The van der Waals surface area contributed by atoms with Crippen molar-refractivity contribution in [3.63, 3.8) is 0 Å². The van der Waals surface area contributed by atoms with Gasteiger partial charge in [-0.3, -0.25) is 14.9 Å². The number of aromatic amines is 1. The van der Waals surface area contributed by atoms with E-state index in [1.165, 1.54) is 0 Å². The van der Waals surface area contributed by atoms with Crippen molar-refractivity contribution in [2.45, 2.75) is 50.4 Å². The van der Waals surface area contributed by atoms with Crippen molar-refractivity contribution in [1.29, 1.82) is 0 Å². The lowest BCUT2D eigenvalue weighted by Gasteiger charge is -2.17. The van der Waals surface area contributed by atoms with Gasteiger partial charge in [0.05, 0.1) is 30.1 Å². The zero-order chi connectivity index (χ0) is 22.1. The maximum Gasteiger partial charge on any atom is 0.407 e. The zero-order valence-corrected chi connectivity index (χ0v) is 18.0. The SMILES string of the molecule is CC1(NC(=O)O[C@H]2CO[C@@H](c3cc(NC(=O)[C@H]4CCN(c5cccnc5)C4)n[nH]3)C2)CC1. The lowest BCUT2D eigenvalue weighted by Crippen LogP contribution is -2.37. The lowest BCUT2D eigenvalue weighted by atomic mass is 10.1. The van der Waals surface area contributed by atoms with Gasteiger partial charge in [-0.1, -0.05) is 0 Å². The molecule has 1 saturated carbocycles. The third kappa shape index (κ3) is 4.69. The van der Waals surface area contributed by atoms with E-state index in [1.54, 1.807) is 12.3 Å². The van der Waals surface area contributed by atoms with Crippen molar-refractivity contribution < 1.29 is 19.1 Å². The van der Waals surface area contributed by atoms with Crippen LogP contribution in [-0.4, -0.2) is 58.5 Å². The van der Waals surface area contributed by atoms with Gasteiger partial charge in [0.2, 0.25) is 5.91 Å². The fourth-order valence-electron chi connectivity index (χ4n) is 4.18. The number of H-pyrrole nitrogens is 1. The highest BCUT2D eigenvalue weighted by Gasteiger charge is 2.40. The molecule has 3 atom stereocenters. The second kappa shape index (κ2) is 8.42. The molecule has 3 fully saturated rings. The van der Waals surface area contributed by atoms with E-state index >= 15 is 0 Å². The number of rotatable bonds is 6. The first kappa shape index (κ1) is 20.7. The minimum Gasteiger partial charge on any atom is -0.444 e. The van der Waals surface area contributed by atoms with Gasteiger partial charge in [-0.2, -0.15) is 5.10 Å². The normalized spacial score (nSPS) is 26.0. The first-order valence-electron chi connectivity index (χ1n) is 11.1. The minimum absolute atomic E-state index is 0.0479. The Morgan fingerprint density at radius 1 is 1.38 bits per heavy atom. The summed E-state index contributed by atoms with van der Waals surface area (Å²) in [5, 5.41) is 12.9. The smallest absolute Gasteiger partial charge is 0.407 e. The van der Waals surface area contributed by atoms with Gasteiger partial charge in [-0.05, 0) is 38.3 Å². The summed E-state index contributed by atoms with van der Waals surface area (Å²) in [5.74, 6) is 0.313. The van der Waals surface area contributed by atoms with Crippen LogP contribution < -0.4 is 15.5 Å². The Kier molecular flexibility index (Phi) is 5.46. The average molecular weight is 441 g/mol. The molecule has 170 valence electrons. The van der Waals surface area contributed by atoms with Gasteiger partial charge in [-0.15, -0.1) is 0 Å². The number of anilines is 2. The Morgan fingerprint density at radius 2 is 2.25 bits per heavy atom. The van der Waals surface area contributed by atoms with Gasteiger partial charge in [0.25, 0.3) is 0 Å². The summed E-state index contributed by atoms with van der Waals surface area (Å²) in [6.45, 7) is 3.81. The predicted octanol–water partition coefficient (Wildman–Crippen LogP) is 2.38. The van der Waals surface area contributed by atoms with Crippen LogP contribution in [0, 0.1) is 5.92 Å². The molecule has 0 aromatic carbocycles. The number of carbonyl (C=O) groups is 2. The highest BCUT2D eigenvalue weighted by Crippen LogP contribution is 2.35. The first-order valence-corrected chi connectivity index (χ1v) is 11.1. The Labute approximate surface area is 186 Å². The van der Waals surface area contributed by atoms with Gasteiger partial charge >= 0.3 is 6.09 Å². The molecule has 1 aliphatic carbocycles. The topological polar surface area (TPSA) is 121 Å². The number of hydrogen-bond acceptors (Lipinski definition) is 7. The van der Waals surface area contributed by atoms with Crippen LogP contribution in [0.25, 0.3) is 0 Å². The molecule has 3 aliphatic rings. The Bertz CT molecular complexity index is 976. The summed E-state index contributed by atoms with van der Waals surface area (Å²) >= 11 is 0. The molecule has 0 unspecified atom stereocenters. The summed E-state index contributed by atoms with van der Waals surface area (Å²) < 4.78 is 11.3. The molecule has 0 radical (unpaired) electrons. The summed E-state index contributed by atoms with van der Waals surface area (Å²) in [6.07, 6.45) is 5.89. The van der Waals surface area contributed by atoms with Gasteiger partial charge < -0.3 is 25.0 Å². The lowest BCUT2D eigenvalue weighted by molar-refractivity contribution is -0.119. The molecule has 2 aromatic rings. The molecule has 2 aromatic heterocycles. The average Bonchev–Trinajstić information content (AvgIpc) is 3.25. The van der Waals surface area contributed by atoms with Crippen LogP contribution in [0.15, 0.2) is 30.6 Å². The second-order valence-electron chi connectivity index (χ2n) is 9.11. The van der Waals surface area contributed by atoms with Crippen LogP contribution in [-0.2, 0) is 14.3 Å². The Hall–Kier alpha value is -3.14. The third-order valence-corrected chi connectivity index (χ3v) is 6.40. The van der Waals surface area contributed by atoms with Crippen molar-refractivity contribution in [3.8, 4) is 0 Å². The maximum atomic E-state index is 12.7. The van der Waals surface area contributed by atoms with E-state index in [0.29, 0.717) is 25.4 Å². The second-order valence-corrected chi connectivity index (χ2v) is 9.11. The van der Waals surface area contributed by atoms with Crippen LogP contribution in [0.3, 0.4) is 0 Å². The summed E-state index contributed by atoms with van der Waals surface area (Å²) in [5.41, 5.74) is 1.67. The minimum atomic E-state index is -0.395. The van der Waals surface area contributed by atoms with E-state index in [9.17, 15) is 9.59 Å². The molecule has 10 heteroatoms. The van der Waals surface area contributed by atoms with E-state index in [0.717, 1.165) is 37.2 Å². The Morgan fingerprint density at radius 3 is 3.03 bits per heavy atom. The number of alkyl carbamates (subject to hydrolysis) is 1. The van der Waals surface area contributed by atoms with E-state index in [-0.39, 0.29) is 29.6 Å². The summed E-state index contributed by atoms with van der Waals surface area (Å²) in [7, 11) is 0. The largest absolute Gasteiger partial charge is 0.444 e. The van der Waals surface area contributed by atoms with Crippen molar-refractivity contribution in [2.75, 3.05) is 29.9 Å². The zero-order valence-electron chi connectivity index (χ0n) is 18.0. The van der Waals surface area contributed by atoms with Crippen molar-refractivity contribution >= 4 is 23.5 Å². The molecule has 32 heavy (non-hydrogen) atoms. The number of pyridine rings is 1. The van der Waals surface area contributed by atoms with E-state index in [4.69, 9.17) is 9.47 Å². The summed E-state index contributed by atoms with van der Waals surface area (Å²) in [4.78, 5) is 31.0. The molecule has 10 nitrogen and oxygen atoms in total. The number of aromatic nitrogens is 3. The fraction of sp³-hybridized carbons (Fsp3) is 0.545. The van der Waals surface area contributed by atoms with Gasteiger partial charge in [-0.25, -0.2) is 4.79 Å². The molecule has 3 N–H and O–H groups in total.